The van der Waals surface area contributed by atoms with Gasteiger partial charge in [0.1, 0.15) is 12.3 Å². The van der Waals surface area contributed by atoms with E-state index in [0.717, 1.165) is 55.5 Å². The number of ether oxygens (including phenoxy) is 2. The van der Waals surface area contributed by atoms with Crippen LogP contribution < -0.4 is 15.0 Å². The number of nitrogens with zero attached hydrogens (tertiary/aromatic N) is 4. The highest BCUT2D eigenvalue weighted by Gasteiger charge is 2.49. The molecule has 1 amide bonds. The van der Waals surface area contributed by atoms with E-state index < -0.39 is 6.10 Å². The van der Waals surface area contributed by atoms with E-state index in [1.165, 1.54) is 24.0 Å². The monoisotopic (exact) mass is 465 g/mol. The summed E-state index contributed by atoms with van der Waals surface area (Å²) in [6, 6.07) is 4.36. The minimum absolute atomic E-state index is 0.0800. The van der Waals surface area contributed by atoms with Crippen molar-refractivity contribution in [3.05, 3.63) is 46.8 Å². The number of methoxy groups -OCH3 is 2. The Balaban J connectivity index is 1.48. The Labute approximate surface area is 199 Å². The average molecular weight is 466 g/mol. The van der Waals surface area contributed by atoms with Gasteiger partial charge in [-0.15, -0.1) is 0 Å². The largest absolute Gasteiger partial charge is 0.493 e. The maximum Gasteiger partial charge on any atom is 0.275 e. The molecule has 5 aliphatic rings. The summed E-state index contributed by atoms with van der Waals surface area (Å²) in [5, 5.41) is 0. The van der Waals surface area contributed by atoms with Crippen LogP contribution in [0.3, 0.4) is 0 Å². The van der Waals surface area contributed by atoms with Gasteiger partial charge in [0.25, 0.3) is 5.91 Å². The number of benzene rings is 1. The van der Waals surface area contributed by atoms with Gasteiger partial charge in [-0.05, 0) is 55.9 Å². The predicted octanol–water partition coefficient (Wildman–Crippen LogP) is 2.32. The second-order valence-corrected chi connectivity index (χ2v) is 9.34. The molecule has 1 aromatic carbocycles. The van der Waals surface area contributed by atoms with Gasteiger partial charge >= 0.3 is 0 Å². The molecule has 2 fully saturated rings. The third-order valence-electron chi connectivity index (χ3n) is 7.64. The van der Waals surface area contributed by atoms with Crippen LogP contribution in [0, 0.1) is 0 Å². The van der Waals surface area contributed by atoms with Gasteiger partial charge < -0.3 is 24.2 Å². The van der Waals surface area contributed by atoms with Crippen LogP contribution in [0.15, 0.2) is 40.7 Å². The molecule has 180 valence electrons. The van der Waals surface area contributed by atoms with E-state index in [0.29, 0.717) is 5.57 Å². The summed E-state index contributed by atoms with van der Waals surface area (Å²) >= 11 is 0. The van der Waals surface area contributed by atoms with E-state index in [1.54, 1.807) is 14.2 Å². The fraction of sp³-hybridized carbons (Fsp3) is 0.520. The van der Waals surface area contributed by atoms with Gasteiger partial charge in [-0.25, -0.2) is 10.5 Å². The summed E-state index contributed by atoms with van der Waals surface area (Å²) in [5.74, 6) is 2.34. The number of likely N-dealkylation sites (tertiary alicyclic amines) is 1. The summed E-state index contributed by atoms with van der Waals surface area (Å²) in [6.45, 7) is 4.90. The molecule has 1 aromatic rings. The third kappa shape index (κ3) is 3.10. The number of guanidine groups is 1. The zero-order valence-corrected chi connectivity index (χ0v) is 19.9. The molecule has 4 heterocycles. The Morgan fingerprint density at radius 2 is 1.94 bits per heavy atom. The van der Waals surface area contributed by atoms with Crippen LogP contribution in [0.5, 0.6) is 11.5 Å². The lowest BCUT2D eigenvalue weighted by Gasteiger charge is -2.50. The molecular formula is C25H31N5O4. The van der Waals surface area contributed by atoms with Crippen LogP contribution in [0.2, 0.25) is 0 Å². The molecule has 9 nitrogen and oxygen atoms in total. The number of carbonyl (C=O) groups excluding carboxylic acids is 1. The maximum atomic E-state index is 12.4. The van der Waals surface area contributed by atoms with Crippen LogP contribution in [-0.4, -0.2) is 72.7 Å². The highest BCUT2D eigenvalue weighted by molar-refractivity contribution is 5.97. The second-order valence-electron chi connectivity index (χ2n) is 9.34. The molecule has 0 radical (unpaired) electrons. The molecular weight excluding hydrogens is 434 g/mol. The molecule has 3 atom stereocenters. The topological polar surface area (TPSA) is 78.9 Å². The standard InChI is InChI=1S/C25H31N5O4/c1-4-28-14-18-22(34-27-23(18)31)17-13-26-25(29-9-5-6-10-29)30(24(17)28)19-8-7-15-11-20(32-2)21(33-3)12-16(15)19/h11-14,19,22,24H,4-10H2,1-3H3,(H,27,31). The SMILES string of the molecule is CCN1C=C2C(=O)NOC2C2=CN=C(N3CCCC3)N(C3CCc4cc(OC)c(OC)cc43)C21. The smallest absolute Gasteiger partial charge is 0.275 e. The number of hydrogen-bond donors (Lipinski definition) is 1. The summed E-state index contributed by atoms with van der Waals surface area (Å²) in [5.41, 5.74) is 6.72. The average Bonchev–Trinajstić information content (AvgIpc) is 3.62. The summed E-state index contributed by atoms with van der Waals surface area (Å²) in [7, 11) is 3.36. The van der Waals surface area contributed by atoms with Gasteiger partial charge in [0.15, 0.2) is 11.5 Å². The lowest BCUT2D eigenvalue weighted by molar-refractivity contribution is -0.122. The number of carbonyl (C=O) groups is 1. The Kier molecular flexibility index (Phi) is 5.17. The number of amides is 1. The molecule has 2 saturated heterocycles. The molecule has 0 aromatic heterocycles. The van der Waals surface area contributed by atoms with Crippen LogP contribution >= 0.6 is 0 Å². The first-order valence-electron chi connectivity index (χ1n) is 12.1. The molecule has 34 heavy (non-hydrogen) atoms. The Morgan fingerprint density at radius 3 is 2.68 bits per heavy atom. The van der Waals surface area contributed by atoms with Crippen molar-refractivity contribution in [2.45, 2.75) is 50.9 Å². The molecule has 0 saturated carbocycles. The molecule has 3 unspecified atom stereocenters. The molecule has 4 aliphatic heterocycles. The van der Waals surface area contributed by atoms with Crippen LogP contribution in [0.1, 0.15) is 43.4 Å². The summed E-state index contributed by atoms with van der Waals surface area (Å²) in [4.78, 5) is 30.2. The number of likely N-dealkylation sites (N-methyl/N-ethyl adjacent to an activating group) is 1. The zero-order chi connectivity index (χ0) is 23.4. The molecule has 1 N–H and O–H groups in total. The second kappa shape index (κ2) is 8.23. The minimum atomic E-state index is -0.419. The number of fused-ring (bicyclic) bond motifs is 4. The summed E-state index contributed by atoms with van der Waals surface area (Å²) < 4.78 is 11.2. The van der Waals surface area contributed by atoms with E-state index in [-0.39, 0.29) is 18.1 Å². The predicted molar refractivity (Wildman–Crippen MR) is 126 cm³/mol. The van der Waals surface area contributed by atoms with E-state index in [4.69, 9.17) is 19.3 Å². The van der Waals surface area contributed by atoms with E-state index >= 15 is 0 Å². The van der Waals surface area contributed by atoms with E-state index in [1.807, 2.05) is 12.4 Å². The van der Waals surface area contributed by atoms with Crippen molar-refractivity contribution in [2.75, 3.05) is 33.9 Å². The van der Waals surface area contributed by atoms with E-state index in [2.05, 4.69) is 39.2 Å². The van der Waals surface area contributed by atoms with Gasteiger partial charge in [-0.2, -0.15) is 0 Å². The highest BCUT2D eigenvalue weighted by atomic mass is 16.7. The van der Waals surface area contributed by atoms with Crippen LogP contribution in [0.4, 0.5) is 0 Å². The van der Waals surface area contributed by atoms with Gasteiger partial charge in [-0.3, -0.25) is 9.63 Å². The normalized spacial score (nSPS) is 27.5. The molecule has 0 bridgehead atoms. The minimum Gasteiger partial charge on any atom is -0.493 e. The van der Waals surface area contributed by atoms with Crippen molar-refractivity contribution in [1.82, 2.24) is 20.2 Å². The van der Waals surface area contributed by atoms with E-state index in [9.17, 15) is 4.79 Å². The lowest BCUT2D eigenvalue weighted by Crippen LogP contribution is -2.59. The van der Waals surface area contributed by atoms with Crippen molar-refractivity contribution >= 4 is 11.9 Å². The first-order chi connectivity index (χ1) is 16.6. The molecule has 1 aliphatic carbocycles. The Bertz CT molecular complexity index is 1110. The van der Waals surface area contributed by atoms with Crippen molar-refractivity contribution in [1.29, 1.82) is 0 Å². The van der Waals surface area contributed by atoms with Gasteiger partial charge in [0.2, 0.25) is 5.96 Å². The van der Waals surface area contributed by atoms with Gasteiger partial charge in [-0.1, -0.05) is 0 Å². The molecule has 0 spiro atoms. The van der Waals surface area contributed by atoms with Crippen molar-refractivity contribution in [3.63, 3.8) is 0 Å². The van der Waals surface area contributed by atoms with Crippen LogP contribution in [0.25, 0.3) is 0 Å². The number of rotatable bonds is 4. The number of hydroxylamine groups is 1. The van der Waals surface area contributed by atoms with Gasteiger partial charge in [0, 0.05) is 37.6 Å². The quantitative estimate of drug-likeness (QED) is 0.731. The first-order valence-corrected chi connectivity index (χ1v) is 12.1. The zero-order valence-electron chi connectivity index (χ0n) is 19.9. The number of hydrogen-bond acceptors (Lipinski definition) is 8. The summed E-state index contributed by atoms with van der Waals surface area (Å²) in [6.07, 6.45) is 7.68. The highest BCUT2D eigenvalue weighted by Crippen LogP contribution is 2.46. The lowest BCUT2D eigenvalue weighted by atomic mass is 9.93. The first kappa shape index (κ1) is 21.3. The molecule has 6 rings (SSSR count). The Hall–Kier alpha value is -3.20. The van der Waals surface area contributed by atoms with Crippen molar-refractivity contribution in [2.24, 2.45) is 4.99 Å². The van der Waals surface area contributed by atoms with Crippen molar-refractivity contribution < 1.29 is 19.1 Å². The number of nitrogens with one attached hydrogen (secondary N) is 1. The van der Waals surface area contributed by atoms with Crippen LogP contribution in [-0.2, 0) is 16.1 Å². The Morgan fingerprint density at radius 1 is 1.18 bits per heavy atom. The third-order valence-corrected chi connectivity index (χ3v) is 7.64. The van der Waals surface area contributed by atoms with Gasteiger partial charge in [0.05, 0.1) is 25.8 Å². The maximum absolute atomic E-state index is 12.4. The van der Waals surface area contributed by atoms with Crippen molar-refractivity contribution in [3.8, 4) is 11.5 Å². The number of aryl methyl sites for hydroxylation is 1. The fourth-order valence-electron chi connectivity index (χ4n) is 6.00. The molecule has 9 heteroatoms. The fourth-order valence-corrected chi connectivity index (χ4v) is 6.00. The number of aliphatic imine (C=N–C) groups is 1.